The van der Waals surface area contributed by atoms with Crippen molar-refractivity contribution in [3.05, 3.63) is 64.7 Å². The topological polar surface area (TPSA) is 23.5 Å². The highest BCUT2D eigenvalue weighted by atomic mass is 16.3. The summed E-state index contributed by atoms with van der Waals surface area (Å²) in [6.07, 6.45) is 1.11. The van der Waals surface area contributed by atoms with Crippen molar-refractivity contribution in [3.63, 3.8) is 0 Å². The maximum Gasteiger partial charge on any atom is 0.0681 e. The van der Waals surface area contributed by atoms with Gasteiger partial charge in [-0.05, 0) is 41.7 Å². The van der Waals surface area contributed by atoms with Crippen LogP contribution in [-0.2, 0) is 19.6 Å². The van der Waals surface area contributed by atoms with Gasteiger partial charge in [-0.1, -0.05) is 36.4 Å². The molecule has 0 saturated carbocycles. The molecule has 98 valence electrons. The molecule has 0 bridgehead atoms. The van der Waals surface area contributed by atoms with Crippen LogP contribution in [0.2, 0.25) is 0 Å². The van der Waals surface area contributed by atoms with Gasteiger partial charge in [0.05, 0.1) is 6.61 Å². The lowest BCUT2D eigenvalue weighted by molar-refractivity contribution is 0.282. The number of rotatable bonds is 2. The Labute approximate surface area is 114 Å². The average molecular weight is 253 g/mol. The number of aliphatic hydroxyl groups excluding tert-OH is 1. The Bertz CT molecular complexity index is 592. The van der Waals surface area contributed by atoms with E-state index in [9.17, 15) is 5.11 Å². The second-order valence-corrected chi connectivity index (χ2v) is 5.22. The Balaban J connectivity index is 1.89. The molecule has 0 spiro atoms. The lowest BCUT2D eigenvalue weighted by Crippen LogP contribution is -2.30. The van der Waals surface area contributed by atoms with Crippen molar-refractivity contribution in [3.8, 4) is 0 Å². The van der Waals surface area contributed by atoms with Crippen LogP contribution in [0.5, 0.6) is 0 Å². The first-order valence-electron chi connectivity index (χ1n) is 6.80. The maximum absolute atomic E-state index is 9.18. The molecule has 2 nitrogen and oxygen atoms in total. The zero-order chi connectivity index (χ0) is 13.2. The summed E-state index contributed by atoms with van der Waals surface area (Å²) >= 11 is 0. The summed E-state index contributed by atoms with van der Waals surface area (Å²) in [4.78, 5) is 2.43. The van der Waals surface area contributed by atoms with Crippen LogP contribution in [0.4, 0.5) is 5.69 Å². The van der Waals surface area contributed by atoms with Crippen molar-refractivity contribution in [1.82, 2.24) is 0 Å². The molecule has 0 atom stereocenters. The van der Waals surface area contributed by atoms with Crippen LogP contribution >= 0.6 is 0 Å². The maximum atomic E-state index is 9.18. The second-order valence-electron chi connectivity index (χ2n) is 5.22. The predicted molar refractivity (Wildman–Crippen MR) is 78.3 cm³/mol. The van der Waals surface area contributed by atoms with E-state index in [4.69, 9.17) is 0 Å². The molecule has 0 aromatic heterocycles. The lowest BCUT2D eigenvalue weighted by Gasteiger charge is -2.32. The zero-order valence-electron chi connectivity index (χ0n) is 11.3. The van der Waals surface area contributed by atoms with Gasteiger partial charge in [-0.2, -0.15) is 0 Å². The fourth-order valence-corrected chi connectivity index (χ4v) is 2.87. The van der Waals surface area contributed by atoms with Crippen LogP contribution in [0, 0.1) is 6.92 Å². The number of hydrogen-bond donors (Lipinski definition) is 1. The average Bonchev–Trinajstić information content (AvgIpc) is 2.46. The molecule has 2 aromatic rings. The molecule has 0 unspecified atom stereocenters. The molecule has 0 saturated heterocycles. The number of aryl methyl sites for hydroxylation is 1. The van der Waals surface area contributed by atoms with E-state index in [0.29, 0.717) is 0 Å². The van der Waals surface area contributed by atoms with Crippen molar-refractivity contribution in [2.24, 2.45) is 0 Å². The summed E-state index contributed by atoms with van der Waals surface area (Å²) < 4.78 is 0. The third kappa shape index (κ3) is 2.36. The van der Waals surface area contributed by atoms with E-state index < -0.39 is 0 Å². The van der Waals surface area contributed by atoms with E-state index in [1.165, 1.54) is 22.4 Å². The molecule has 0 fully saturated rings. The predicted octanol–water partition coefficient (Wildman–Crippen LogP) is 3.05. The molecular weight excluding hydrogens is 234 g/mol. The van der Waals surface area contributed by atoms with Gasteiger partial charge in [0.25, 0.3) is 0 Å². The minimum Gasteiger partial charge on any atom is -0.392 e. The van der Waals surface area contributed by atoms with Gasteiger partial charge in [0.15, 0.2) is 0 Å². The van der Waals surface area contributed by atoms with Gasteiger partial charge in [-0.25, -0.2) is 0 Å². The Morgan fingerprint density at radius 1 is 1.11 bits per heavy atom. The molecule has 19 heavy (non-hydrogen) atoms. The Morgan fingerprint density at radius 2 is 1.89 bits per heavy atom. The van der Waals surface area contributed by atoms with Gasteiger partial charge >= 0.3 is 0 Å². The van der Waals surface area contributed by atoms with Gasteiger partial charge in [-0.15, -0.1) is 0 Å². The van der Waals surface area contributed by atoms with E-state index in [1.54, 1.807) is 0 Å². The number of aliphatic hydroxyl groups is 1. The summed E-state index contributed by atoms with van der Waals surface area (Å²) in [5.74, 6) is 0. The van der Waals surface area contributed by atoms with E-state index >= 15 is 0 Å². The normalized spacial score (nSPS) is 14.3. The molecule has 0 radical (unpaired) electrons. The number of benzene rings is 2. The minimum absolute atomic E-state index is 0.115. The van der Waals surface area contributed by atoms with Crippen molar-refractivity contribution in [2.45, 2.75) is 26.5 Å². The van der Waals surface area contributed by atoms with Crippen molar-refractivity contribution in [2.75, 3.05) is 11.4 Å². The van der Waals surface area contributed by atoms with E-state index in [-0.39, 0.29) is 6.61 Å². The lowest BCUT2D eigenvalue weighted by atomic mass is 9.98. The number of fused-ring (bicyclic) bond motifs is 1. The summed E-state index contributed by atoms with van der Waals surface area (Å²) in [5.41, 5.74) is 6.42. The standard InChI is InChI=1S/C17H19NO/c1-13-10-14(12-19)6-7-17(13)18-9-8-15-4-2-3-5-16(15)11-18/h2-7,10,19H,8-9,11-12H2,1H3. The molecule has 1 heterocycles. The minimum atomic E-state index is 0.115. The Morgan fingerprint density at radius 3 is 2.63 bits per heavy atom. The van der Waals surface area contributed by atoms with Crippen molar-refractivity contribution < 1.29 is 5.11 Å². The third-order valence-corrected chi connectivity index (χ3v) is 3.92. The van der Waals surface area contributed by atoms with E-state index in [0.717, 1.165) is 25.1 Å². The first-order chi connectivity index (χ1) is 9.28. The molecule has 1 aliphatic heterocycles. The highest BCUT2D eigenvalue weighted by molar-refractivity contribution is 5.56. The molecule has 0 aliphatic carbocycles. The monoisotopic (exact) mass is 253 g/mol. The van der Waals surface area contributed by atoms with E-state index in [2.05, 4.69) is 48.2 Å². The summed E-state index contributed by atoms with van der Waals surface area (Å²) in [5, 5.41) is 9.18. The van der Waals surface area contributed by atoms with Crippen molar-refractivity contribution in [1.29, 1.82) is 0 Å². The highest BCUT2D eigenvalue weighted by Crippen LogP contribution is 2.27. The second kappa shape index (κ2) is 5.06. The summed E-state index contributed by atoms with van der Waals surface area (Å²) in [6, 6.07) is 14.9. The van der Waals surface area contributed by atoms with Gasteiger partial charge in [-0.3, -0.25) is 0 Å². The molecule has 0 amide bonds. The SMILES string of the molecule is Cc1cc(CO)ccc1N1CCc2ccccc2C1. The van der Waals surface area contributed by atoms with Gasteiger partial charge in [0, 0.05) is 18.8 Å². The highest BCUT2D eigenvalue weighted by Gasteiger charge is 2.17. The number of hydrogen-bond acceptors (Lipinski definition) is 2. The van der Waals surface area contributed by atoms with Crippen LogP contribution < -0.4 is 4.90 Å². The van der Waals surface area contributed by atoms with Gasteiger partial charge < -0.3 is 10.0 Å². The summed E-state index contributed by atoms with van der Waals surface area (Å²) in [6.45, 7) is 4.28. The number of anilines is 1. The first-order valence-corrected chi connectivity index (χ1v) is 6.80. The third-order valence-electron chi connectivity index (χ3n) is 3.92. The largest absolute Gasteiger partial charge is 0.392 e. The van der Waals surface area contributed by atoms with Crippen LogP contribution in [0.3, 0.4) is 0 Å². The summed E-state index contributed by atoms with van der Waals surface area (Å²) in [7, 11) is 0. The zero-order valence-corrected chi connectivity index (χ0v) is 11.3. The molecule has 3 rings (SSSR count). The molecule has 2 heteroatoms. The molecule has 1 N–H and O–H groups in total. The van der Waals surface area contributed by atoms with Gasteiger partial charge in [0.1, 0.15) is 0 Å². The van der Waals surface area contributed by atoms with Crippen LogP contribution in [0.15, 0.2) is 42.5 Å². The fourth-order valence-electron chi connectivity index (χ4n) is 2.87. The van der Waals surface area contributed by atoms with Crippen molar-refractivity contribution >= 4 is 5.69 Å². The van der Waals surface area contributed by atoms with Crippen LogP contribution in [-0.4, -0.2) is 11.7 Å². The molecule has 1 aliphatic rings. The van der Waals surface area contributed by atoms with Crippen LogP contribution in [0.1, 0.15) is 22.3 Å². The van der Waals surface area contributed by atoms with Gasteiger partial charge in [0.2, 0.25) is 0 Å². The van der Waals surface area contributed by atoms with E-state index in [1.807, 2.05) is 6.07 Å². The fraction of sp³-hybridized carbons (Fsp3) is 0.294. The Hall–Kier alpha value is -1.80. The number of nitrogens with zero attached hydrogens (tertiary/aromatic N) is 1. The van der Waals surface area contributed by atoms with Crippen LogP contribution in [0.25, 0.3) is 0 Å². The first kappa shape index (κ1) is 12.2. The smallest absolute Gasteiger partial charge is 0.0681 e. The molecular formula is C17H19NO. The Kier molecular flexibility index (Phi) is 3.26. The molecule has 2 aromatic carbocycles. The quantitative estimate of drug-likeness (QED) is 0.889.